The van der Waals surface area contributed by atoms with Gasteiger partial charge in [0.2, 0.25) is 5.91 Å². The minimum atomic E-state index is 0.0876. The van der Waals surface area contributed by atoms with Crippen molar-refractivity contribution < 1.29 is 9.53 Å². The predicted molar refractivity (Wildman–Crippen MR) is 86.2 cm³/mol. The number of hydrogen-bond donors (Lipinski definition) is 1. The Morgan fingerprint density at radius 1 is 1.43 bits per heavy atom. The number of nitrogens with zero attached hydrogens (tertiary/aromatic N) is 2. The Morgan fingerprint density at radius 3 is 2.86 bits per heavy atom. The topological polar surface area (TPSA) is 50.3 Å². The van der Waals surface area contributed by atoms with E-state index >= 15 is 0 Å². The van der Waals surface area contributed by atoms with E-state index in [1.165, 1.54) is 0 Å². The fourth-order valence-electron chi connectivity index (χ4n) is 2.14. The summed E-state index contributed by atoms with van der Waals surface area (Å²) in [5.41, 5.74) is 1.87. The van der Waals surface area contributed by atoms with Crippen LogP contribution in [0.3, 0.4) is 0 Å². The SMILES string of the molecule is CCCOc1cccc2c1[nH]c(=S)n2CCC(=O)N(C)C. The van der Waals surface area contributed by atoms with Crippen LogP contribution in [-0.2, 0) is 11.3 Å². The number of benzene rings is 1. The molecule has 114 valence electrons. The van der Waals surface area contributed by atoms with Gasteiger partial charge in [-0.05, 0) is 30.8 Å². The van der Waals surface area contributed by atoms with Gasteiger partial charge in [-0.2, -0.15) is 0 Å². The lowest BCUT2D eigenvalue weighted by molar-refractivity contribution is -0.128. The third kappa shape index (κ3) is 3.44. The predicted octanol–water partition coefficient (Wildman–Crippen LogP) is 2.97. The first kappa shape index (κ1) is 15.6. The van der Waals surface area contributed by atoms with Crippen LogP contribution in [0.5, 0.6) is 5.75 Å². The van der Waals surface area contributed by atoms with Gasteiger partial charge in [-0.15, -0.1) is 0 Å². The van der Waals surface area contributed by atoms with E-state index in [1.54, 1.807) is 19.0 Å². The Labute approximate surface area is 129 Å². The number of H-pyrrole nitrogens is 1. The number of carbonyl (C=O) groups excluding carboxylic acids is 1. The third-order valence-electron chi connectivity index (χ3n) is 3.28. The lowest BCUT2D eigenvalue weighted by Crippen LogP contribution is -2.22. The van der Waals surface area contributed by atoms with E-state index in [-0.39, 0.29) is 5.91 Å². The zero-order chi connectivity index (χ0) is 15.4. The quantitative estimate of drug-likeness (QED) is 0.835. The molecule has 1 N–H and O–H groups in total. The highest BCUT2D eigenvalue weighted by Gasteiger charge is 2.11. The molecule has 0 atom stereocenters. The molecule has 0 saturated carbocycles. The second-order valence-corrected chi connectivity index (χ2v) is 5.51. The molecule has 1 heterocycles. The molecule has 0 radical (unpaired) electrons. The molecule has 0 aliphatic heterocycles. The van der Waals surface area contributed by atoms with Crippen molar-refractivity contribution in [3.05, 3.63) is 23.0 Å². The Kier molecular flexibility index (Phi) is 5.01. The van der Waals surface area contributed by atoms with Gasteiger partial charge in [0.05, 0.1) is 12.1 Å². The van der Waals surface area contributed by atoms with Crippen molar-refractivity contribution in [1.82, 2.24) is 14.5 Å². The van der Waals surface area contributed by atoms with E-state index in [1.807, 2.05) is 22.8 Å². The molecule has 1 aromatic heterocycles. The lowest BCUT2D eigenvalue weighted by Gasteiger charge is -2.11. The van der Waals surface area contributed by atoms with Crippen LogP contribution in [0.1, 0.15) is 19.8 Å². The second-order valence-electron chi connectivity index (χ2n) is 5.12. The Bertz CT molecular complexity index is 688. The van der Waals surface area contributed by atoms with Crippen LogP contribution in [0.15, 0.2) is 18.2 Å². The molecule has 5 nitrogen and oxygen atoms in total. The van der Waals surface area contributed by atoms with Crippen LogP contribution < -0.4 is 4.74 Å². The normalized spacial score (nSPS) is 10.8. The maximum atomic E-state index is 11.7. The molecule has 0 bridgehead atoms. The fraction of sp³-hybridized carbons (Fsp3) is 0.467. The third-order valence-corrected chi connectivity index (χ3v) is 3.60. The van der Waals surface area contributed by atoms with Gasteiger partial charge in [-0.3, -0.25) is 4.79 Å². The number of ether oxygens (including phenoxy) is 1. The second kappa shape index (κ2) is 6.76. The summed E-state index contributed by atoms with van der Waals surface area (Å²) >= 11 is 5.37. The molecule has 21 heavy (non-hydrogen) atoms. The van der Waals surface area contributed by atoms with Gasteiger partial charge < -0.3 is 19.2 Å². The van der Waals surface area contributed by atoms with Crippen LogP contribution in [0.2, 0.25) is 0 Å². The summed E-state index contributed by atoms with van der Waals surface area (Å²) in [4.78, 5) is 16.5. The van der Waals surface area contributed by atoms with E-state index in [0.717, 1.165) is 23.2 Å². The lowest BCUT2D eigenvalue weighted by atomic mass is 10.3. The molecule has 0 saturated heterocycles. The molecule has 2 aromatic rings. The van der Waals surface area contributed by atoms with Crippen molar-refractivity contribution in [3.8, 4) is 5.75 Å². The van der Waals surface area contributed by atoms with E-state index in [4.69, 9.17) is 17.0 Å². The zero-order valence-corrected chi connectivity index (χ0v) is 13.5. The number of para-hydroxylation sites is 1. The molecule has 6 heteroatoms. The zero-order valence-electron chi connectivity index (χ0n) is 12.7. The Morgan fingerprint density at radius 2 is 2.19 bits per heavy atom. The van der Waals surface area contributed by atoms with Gasteiger partial charge in [0, 0.05) is 27.1 Å². The highest BCUT2D eigenvalue weighted by atomic mass is 32.1. The van der Waals surface area contributed by atoms with Crippen LogP contribution in [-0.4, -0.2) is 41.1 Å². The first-order chi connectivity index (χ1) is 10.0. The van der Waals surface area contributed by atoms with E-state index in [9.17, 15) is 4.79 Å². The summed E-state index contributed by atoms with van der Waals surface area (Å²) in [5.74, 6) is 0.891. The number of amides is 1. The van der Waals surface area contributed by atoms with Crippen molar-refractivity contribution in [3.63, 3.8) is 0 Å². The molecule has 2 rings (SSSR count). The summed E-state index contributed by atoms with van der Waals surface area (Å²) in [6, 6.07) is 5.86. The van der Waals surface area contributed by atoms with Crippen molar-refractivity contribution in [1.29, 1.82) is 0 Å². The molecule has 1 amide bonds. The van der Waals surface area contributed by atoms with Crippen molar-refractivity contribution in [2.24, 2.45) is 0 Å². The fourth-order valence-corrected chi connectivity index (χ4v) is 2.43. The van der Waals surface area contributed by atoms with E-state index in [0.29, 0.717) is 24.3 Å². The number of hydrogen-bond acceptors (Lipinski definition) is 3. The van der Waals surface area contributed by atoms with Crippen molar-refractivity contribution >= 4 is 29.2 Å². The number of rotatable bonds is 6. The number of aryl methyl sites for hydroxylation is 1. The Hall–Kier alpha value is -1.82. The highest BCUT2D eigenvalue weighted by molar-refractivity contribution is 7.71. The standard InChI is InChI=1S/C15H21N3O2S/c1-4-10-20-12-7-5-6-11-14(12)16-15(21)18(11)9-8-13(19)17(2)3/h5-7H,4,8-10H2,1-3H3,(H,16,21). The molecular formula is C15H21N3O2S. The average molecular weight is 307 g/mol. The molecule has 0 aliphatic carbocycles. The van der Waals surface area contributed by atoms with Crippen molar-refractivity contribution in [2.45, 2.75) is 26.3 Å². The molecule has 0 spiro atoms. The maximum Gasteiger partial charge on any atom is 0.223 e. The molecule has 0 unspecified atom stereocenters. The van der Waals surface area contributed by atoms with Gasteiger partial charge in [0.1, 0.15) is 11.3 Å². The number of fused-ring (bicyclic) bond motifs is 1. The number of nitrogens with one attached hydrogen (secondary N) is 1. The monoisotopic (exact) mass is 307 g/mol. The van der Waals surface area contributed by atoms with Gasteiger partial charge >= 0.3 is 0 Å². The van der Waals surface area contributed by atoms with E-state index in [2.05, 4.69) is 11.9 Å². The molecule has 1 aromatic carbocycles. The summed E-state index contributed by atoms with van der Waals surface area (Å²) in [5, 5.41) is 0. The van der Waals surface area contributed by atoms with Gasteiger partial charge in [-0.25, -0.2) is 0 Å². The summed E-state index contributed by atoms with van der Waals surface area (Å²) < 4.78 is 8.30. The number of aromatic nitrogens is 2. The summed E-state index contributed by atoms with van der Waals surface area (Å²) in [6.07, 6.45) is 1.38. The number of imidazole rings is 1. The maximum absolute atomic E-state index is 11.7. The highest BCUT2D eigenvalue weighted by Crippen LogP contribution is 2.25. The van der Waals surface area contributed by atoms with Crippen LogP contribution in [0.4, 0.5) is 0 Å². The first-order valence-corrected chi connectivity index (χ1v) is 7.50. The largest absolute Gasteiger partial charge is 0.491 e. The van der Waals surface area contributed by atoms with Crippen LogP contribution in [0.25, 0.3) is 11.0 Å². The van der Waals surface area contributed by atoms with Crippen LogP contribution in [0, 0.1) is 4.77 Å². The van der Waals surface area contributed by atoms with E-state index < -0.39 is 0 Å². The molecule has 0 aliphatic rings. The number of aromatic amines is 1. The van der Waals surface area contributed by atoms with Gasteiger partial charge in [0.25, 0.3) is 0 Å². The minimum Gasteiger partial charge on any atom is -0.491 e. The average Bonchev–Trinajstić information content (AvgIpc) is 2.78. The summed E-state index contributed by atoms with van der Waals surface area (Å²) in [6.45, 7) is 3.30. The smallest absolute Gasteiger partial charge is 0.223 e. The number of carbonyl (C=O) groups is 1. The van der Waals surface area contributed by atoms with Crippen molar-refractivity contribution in [2.75, 3.05) is 20.7 Å². The Balaban J connectivity index is 2.30. The van der Waals surface area contributed by atoms with Crippen LogP contribution >= 0.6 is 12.2 Å². The molecule has 0 fully saturated rings. The minimum absolute atomic E-state index is 0.0876. The first-order valence-electron chi connectivity index (χ1n) is 7.09. The van der Waals surface area contributed by atoms with Gasteiger partial charge in [-0.1, -0.05) is 13.0 Å². The molecular weight excluding hydrogens is 286 g/mol. The summed E-state index contributed by atoms with van der Waals surface area (Å²) in [7, 11) is 3.51. The van der Waals surface area contributed by atoms with Gasteiger partial charge in [0.15, 0.2) is 4.77 Å².